The largest absolute Gasteiger partial charge is 0.328 e. The van der Waals surface area contributed by atoms with Gasteiger partial charge in [-0.25, -0.2) is 4.98 Å². The van der Waals surface area contributed by atoms with Crippen LogP contribution in [0.1, 0.15) is 63.3 Å². The first-order valence-electron chi connectivity index (χ1n) is 11.9. The van der Waals surface area contributed by atoms with Crippen molar-refractivity contribution in [2.75, 3.05) is 0 Å². The zero-order valence-corrected chi connectivity index (χ0v) is 18.8. The molecule has 0 saturated carbocycles. The van der Waals surface area contributed by atoms with Crippen molar-refractivity contribution < 1.29 is 0 Å². The Kier molecular flexibility index (Phi) is 7.55. The van der Waals surface area contributed by atoms with Gasteiger partial charge in [-0.1, -0.05) is 112 Å². The number of hydrogen-bond donors (Lipinski definition) is 0. The van der Waals surface area contributed by atoms with E-state index >= 15 is 0 Å². The summed E-state index contributed by atoms with van der Waals surface area (Å²) in [6, 6.07) is 28.1. The smallest absolute Gasteiger partial charge is 0.114 e. The van der Waals surface area contributed by atoms with Crippen LogP contribution in [0.3, 0.4) is 0 Å². The Bertz CT molecular complexity index is 1060. The standard InChI is InChI=1S/C29H34N2/c1-2-3-4-5-6-7-13-22-31-28-17-12-11-16-27(28)30-29(31)23-24-18-20-26(21-19-24)25-14-9-8-10-15-25/h8-12,14-21H,2-7,13,22-23H2,1H3. The first-order valence-corrected chi connectivity index (χ1v) is 11.9. The van der Waals surface area contributed by atoms with E-state index in [1.807, 2.05) is 0 Å². The molecule has 0 saturated heterocycles. The third kappa shape index (κ3) is 5.64. The van der Waals surface area contributed by atoms with E-state index in [2.05, 4.69) is 90.4 Å². The summed E-state index contributed by atoms with van der Waals surface area (Å²) in [6.45, 7) is 3.34. The Morgan fingerprint density at radius 2 is 1.29 bits per heavy atom. The summed E-state index contributed by atoms with van der Waals surface area (Å²) in [7, 11) is 0. The van der Waals surface area contributed by atoms with Crippen molar-refractivity contribution >= 4 is 11.0 Å². The third-order valence-electron chi connectivity index (χ3n) is 6.14. The predicted octanol–water partition coefficient (Wildman–Crippen LogP) is 8.04. The second-order valence-corrected chi connectivity index (χ2v) is 8.53. The first kappa shape index (κ1) is 21.4. The average molecular weight is 411 g/mol. The van der Waals surface area contributed by atoms with Gasteiger partial charge in [0.1, 0.15) is 5.82 Å². The van der Waals surface area contributed by atoms with Gasteiger partial charge in [0.15, 0.2) is 0 Å². The summed E-state index contributed by atoms with van der Waals surface area (Å²) < 4.78 is 2.45. The molecule has 2 heteroatoms. The summed E-state index contributed by atoms with van der Waals surface area (Å²) in [5, 5.41) is 0. The van der Waals surface area contributed by atoms with Gasteiger partial charge in [-0.15, -0.1) is 0 Å². The van der Waals surface area contributed by atoms with Gasteiger partial charge in [0.25, 0.3) is 0 Å². The number of unbranched alkanes of at least 4 members (excludes halogenated alkanes) is 6. The fourth-order valence-corrected chi connectivity index (χ4v) is 4.37. The lowest BCUT2D eigenvalue weighted by atomic mass is 10.0. The van der Waals surface area contributed by atoms with Crippen LogP contribution in [0, 0.1) is 0 Å². The van der Waals surface area contributed by atoms with E-state index in [1.165, 1.54) is 73.0 Å². The molecule has 0 spiro atoms. The van der Waals surface area contributed by atoms with Crippen molar-refractivity contribution in [3.05, 3.63) is 90.3 Å². The highest BCUT2D eigenvalue weighted by Crippen LogP contribution is 2.23. The molecule has 0 amide bonds. The van der Waals surface area contributed by atoms with Crippen LogP contribution in [0.15, 0.2) is 78.9 Å². The normalized spacial score (nSPS) is 11.3. The maximum absolute atomic E-state index is 4.99. The van der Waals surface area contributed by atoms with Crippen LogP contribution >= 0.6 is 0 Å². The van der Waals surface area contributed by atoms with Gasteiger partial charge in [0.05, 0.1) is 11.0 Å². The molecule has 1 heterocycles. The Balaban J connectivity index is 1.45. The zero-order chi connectivity index (χ0) is 21.3. The molecular weight excluding hydrogens is 376 g/mol. The summed E-state index contributed by atoms with van der Waals surface area (Å²) in [5.41, 5.74) is 6.22. The van der Waals surface area contributed by atoms with Crippen molar-refractivity contribution in [2.24, 2.45) is 0 Å². The number of imidazole rings is 1. The van der Waals surface area contributed by atoms with E-state index in [1.54, 1.807) is 0 Å². The molecular formula is C29H34N2. The minimum Gasteiger partial charge on any atom is -0.328 e. The first-order chi connectivity index (χ1) is 15.3. The molecule has 1 aromatic heterocycles. The van der Waals surface area contributed by atoms with Gasteiger partial charge in [-0.05, 0) is 35.2 Å². The van der Waals surface area contributed by atoms with E-state index < -0.39 is 0 Å². The molecule has 31 heavy (non-hydrogen) atoms. The SMILES string of the molecule is CCCCCCCCCn1c(Cc2ccc(-c3ccccc3)cc2)nc2ccccc21. The number of fused-ring (bicyclic) bond motifs is 1. The number of nitrogens with zero attached hydrogens (tertiary/aromatic N) is 2. The Labute approximate surface area is 187 Å². The quantitative estimate of drug-likeness (QED) is 0.229. The molecule has 2 nitrogen and oxygen atoms in total. The van der Waals surface area contributed by atoms with Crippen molar-refractivity contribution in [3.8, 4) is 11.1 Å². The third-order valence-corrected chi connectivity index (χ3v) is 6.14. The van der Waals surface area contributed by atoms with Gasteiger partial charge >= 0.3 is 0 Å². The molecule has 0 fully saturated rings. The average Bonchev–Trinajstić information content (AvgIpc) is 3.16. The maximum Gasteiger partial charge on any atom is 0.114 e. The molecule has 0 aliphatic heterocycles. The Hall–Kier alpha value is -2.87. The molecule has 0 bridgehead atoms. The van der Waals surface area contributed by atoms with Crippen LogP contribution in [0.5, 0.6) is 0 Å². The van der Waals surface area contributed by atoms with E-state index in [9.17, 15) is 0 Å². The summed E-state index contributed by atoms with van der Waals surface area (Å²) in [4.78, 5) is 4.99. The lowest BCUT2D eigenvalue weighted by Gasteiger charge is -2.10. The fraction of sp³-hybridized carbons (Fsp3) is 0.345. The number of aromatic nitrogens is 2. The van der Waals surface area contributed by atoms with E-state index in [4.69, 9.17) is 4.98 Å². The molecule has 0 aliphatic rings. The zero-order valence-electron chi connectivity index (χ0n) is 18.8. The predicted molar refractivity (Wildman–Crippen MR) is 132 cm³/mol. The fourth-order valence-electron chi connectivity index (χ4n) is 4.37. The van der Waals surface area contributed by atoms with Gasteiger partial charge in [-0.2, -0.15) is 0 Å². The summed E-state index contributed by atoms with van der Waals surface area (Å²) >= 11 is 0. The van der Waals surface area contributed by atoms with E-state index in [-0.39, 0.29) is 0 Å². The molecule has 3 aromatic carbocycles. The summed E-state index contributed by atoms with van der Waals surface area (Å²) in [6.07, 6.45) is 10.2. The topological polar surface area (TPSA) is 17.8 Å². The lowest BCUT2D eigenvalue weighted by Crippen LogP contribution is -2.05. The molecule has 0 N–H and O–H groups in total. The molecule has 4 rings (SSSR count). The highest BCUT2D eigenvalue weighted by atomic mass is 15.1. The maximum atomic E-state index is 4.99. The van der Waals surface area contributed by atoms with Crippen LogP contribution in [-0.2, 0) is 13.0 Å². The van der Waals surface area contributed by atoms with E-state index in [0.29, 0.717) is 0 Å². The van der Waals surface area contributed by atoms with Crippen LogP contribution in [0.2, 0.25) is 0 Å². The highest BCUT2D eigenvalue weighted by Gasteiger charge is 2.11. The van der Waals surface area contributed by atoms with Crippen molar-refractivity contribution in [1.29, 1.82) is 0 Å². The molecule has 160 valence electrons. The van der Waals surface area contributed by atoms with Gasteiger partial charge in [0, 0.05) is 13.0 Å². The number of para-hydroxylation sites is 2. The van der Waals surface area contributed by atoms with Gasteiger partial charge < -0.3 is 4.57 Å². The van der Waals surface area contributed by atoms with Gasteiger partial charge in [0.2, 0.25) is 0 Å². The summed E-state index contributed by atoms with van der Waals surface area (Å²) in [5.74, 6) is 1.18. The van der Waals surface area contributed by atoms with Crippen molar-refractivity contribution in [1.82, 2.24) is 9.55 Å². The molecule has 0 aliphatic carbocycles. The minimum atomic E-state index is 0.875. The Morgan fingerprint density at radius 3 is 2.06 bits per heavy atom. The second-order valence-electron chi connectivity index (χ2n) is 8.53. The monoisotopic (exact) mass is 410 g/mol. The van der Waals surface area contributed by atoms with Crippen molar-refractivity contribution in [2.45, 2.75) is 64.8 Å². The molecule has 4 aromatic rings. The number of aryl methyl sites for hydroxylation is 1. The number of hydrogen-bond acceptors (Lipinski definition) is 1. The molecule has 0 radical (unpaired) electrons. The number of rotatable bonds is 11. The number of benzene rings is 3. The second kappa shape index (κ2) is 10.9. The van der Waals surface area contributed by atoms with Crippen molar-refractivity contribution in [3.63, 3.8) is 0 Å². The molecule has 0 unspecified atom stereocenters. The molecule has 0 atom stereocenters. The van der Waals surface area contributed by atoms with E-state index in [0.717, 1.165) is 18.5 Å². The Morgan fingerprint density at radius 1 is 0.645 bits per heavy atom. The van der Waals surface area contributed by atoms with Gasteiger partial charge in [-0.3, -0.25) is 0 Å². The van der Waals surface area contributed by atoms with Crippen LogP contribution in [0.25, 0.3) is 22.2 Å². The minimum absolute atomic E-state index is 0.875. The lowest BCUT2D eigenvalue weighted by molar-refractivity contribution is 0.548. The highest BCUT2D eigenvalue weighted by molar-refractivity contribution is 5.76. The van der Waals surface area contributed by atoms with Crippen LogP contribution in [-0.4, -0.2) is 9.55 Å². The van der Waals surface area contributed by atoms with Crippen LogP contribution < -0.4 is 0 Å². The van der Waals surface area contributed by atoms with Crippen LogP contribution in [0.4, 0.5) is 0 Å².